The van der Waals surface area contributed by atoms with E-state index in [-0.39, 0.29) is 18.8 Å². The first kappa shape index (κ1) is 12.7. The number of hydrogen-bond donors (Lipinski definition) is 1. The third-order valence-electron chi connectivity index (χ3n) is 4.55. The highest BCUT2D eigenvalue weighted by Gasteiger charge is 2.70. The maximum Gasteiger partial charge on any atom is 0.411 e. The molecule has 2 aliphatic carbocycles. The van der Waals surface area contributed by atoms with Crippen LogP contribution in [0.4, 0.5) is 13.2 Å². The van der Waals surface area contributed by atoms with Crippen molar-refractivity contribution in [1.29, 1.82) is 0 Å². The molecule has 106 valence electrons. The van der Waals surface area contributed by atoms with Gasteiger partial charge >= 0.3 is 6.18 Å². The van der Waals surface area contributed by atoms with Crippen molar-refractivity contribution in [3.8, 4) is 0 Å². The topological polar surface area (TPSA) is 49.4 Å². The SMILES string of the molecule is CC1(C2CC2)NC(=O)CN(C2(C(F)(F)F)CC2)C1=O. The summed E-state index contributed by atoms with van der Waals surface area (Å²) in [5.41, 5.74) is -3.26. The van der Waals surface area contributed by atoms with E-state index < -0.39 is 35.6 Å². The van der Waals surface area contributed by atoms with Gasteiger partial charge in [-0.3, -0.25) is 9.59 Å². The minimum absolute atomic E-state index is 0.0317. The molecule has 1 saturated heterocycles. The second kappa shape index (κ2) is 3.43. The van der Waals surface area contributed by atoms with Crippen LogP contribution in [0.3, 0.4) is 0 Å². The van der Waals surface area contributed by atoms with Gasteiger partial charge in [0.2, 0.25) is 11.8 Å². The summed E-state index contributed by atoms with van der Waals surface area (Å²) in [5, 5.41) is 2.59. The fourth-order valence-corrected chi connectivity index (χ4v) is 2.99. The van der Waals surface area contributed by atoms with Crippen LogP contribution in [-0.4, -0.2) is 40.5 Å². The number of rotatable bonds is 2. The molecule has 1 atom stereocenters. The van der Waals surface area contributed by atoms with Crippen molar-refractivity contribution < 1.29 is 22.8 Å². The lowest BCUT2D eigenvalue weighted by Gasteiger charge is -2.44. The number of carbonyl (C=O) groups is 2. The third kappa shape index (κ3) is 1.66. The highest BCUT2D eigenvalue weighted by molar-refractivity contribution is 5.99. The van der Waals surface area contributed by atoms with Gasteiger partial charge in [0.25, 0.3) is 0 Å². The fourth-order valence-electron chi connectivity index (χ4n) is 2.99. The Morgan fingerprint density at radius 1 is 1.26 bits per heavy atom. The second-order valence-electron chi connectivity index (χ2n) is 5.95. The predicted octanol–water partition coefficient (Wildman–Crippen LogP) is 1.21. The largest absolute Gasteiger partial charge is 0.411 e. The van der Waals surface area contributed by atoms with E-state index in [2.05, 4.69) is 5.32 Å². The van der Waals surface area contributed by atoms with Crippen molar-refractivity contribution in [2.45, 2.75) is 49.9 Å². The zero-order valence-corrected chi connectivity index (χ0v) is 10.5. The van der Waals surface area contributed by atoms with Crippen LogP contribution in [0.1, 0.15) is 32.6 Å². The number of amides is 2. The smallest absolute Gasteiger partial charge is 0.340 e. The van der Waals surface area contributed by atoms with E-state index in [4.69, 9.17) is 0 Å². The Kier molecular flexibility index (Phi) is 2.30. The number of alkyl halides is 3. The van der Waals surface area contributed by atoms with Crippen molar-refractivity contribution in [1.82, 2.24) is 10.2 Å². The molecule has 0 radical (unpaired) electrons. The zero-order valence-electron chi connectivity index (χ0n) is 10.5. The predicted molar refractivity (Wildman–Crippen MR) is 59.0 cm³/mol. The summed E-state index contributed by atoms with van der Waals surface area (Å²) in [6.45, 7) is 1.06. The van der Waals surface area contributed by atoms with E-state index in [1.165, 1.54) is 0 Å². The Hall–Kier alpha value is -1.27. The Bertz CT molecular complexity index is 454. The number of nitrogens with zero attached hydrogens (tertiary/aromatic N) is 1. The van der Waals surface area contributed by atoms with Gasteiger partial charge in [-0.25, -0.2) is 0 Å². The monoisotopic (exact) mass is 276 g/mol. The average molecular weight is 276 g/mol. The molecule has 7 heteroatoms. The summed E-state index contributed by atoms with van der Waals surface area (Å²) in [4.78, 5) is 24.9. The van der Waals surface area contributed by atoms with Crippen LogP contribution in [0.5, 0.6) is 0 Å². The number of hydrogen-bond acceptors (Lipinski definition) is 2. The van der Waals surface area contributed by atoms with Gasteiger partial charge in [0, 0.05) is 0 Å². The molecule has 3 fully saturated rings. The van der Waals surface area contributed by atoms with Crippen LogP contribution < -0.4 is 5.32 Å². The summed E-state index contributed by atoms with van der Waals surface area (Å²) >= 11 is 0. The maximum atomic E-state index is 13.1. The van der Waals surface area contributed by atoms with Crippen LogP contribution >= 0.6 is 0 Å². The zero-order chi connectivity index (χ0) is 14.1. The molecule has 0 aromatic carbocycles. The first-order chi connectivity index (χ1) is 8.71. The molecule has 2 saturated carbocycles. The molecule has 1 heterocycles. The van der Waals surface area contributed by atoms with Gasteiger partial charge in [0.05, 0.1) is 0 Å². The number of carbonyl (C=O) groups excluding carboxylic acids is 2. The highest BCUT2D eigenvalue weighted by Crippen LogP contribution is 2.55. The molecule has 1 N–H and O–H groups in total. The molecule has 2 amide bonds. The summed E-state index contributed by atoms with van der Waals surface area (Å²) in [6, 6.07) is 0. The van der Waals surface area contributed by atoms with E-state index >= 15 is 0 Å². The minimum Gasteiger partial charge on any atom is -0.340 e. The van der Waals surface area contributed by atoms with Crippen LogP contribution in [0.15, 0.2) is 0 Å². The van der Waals surface area contributed by atoms with E-state index in [1.54, 1.807) is 6.92 Å². The molecule has 3 aliphatic rings. The minimum atomic E-state index is -4.47. The van der Waals surface area contributed by atoms with E-state index in [9.17, 15) is 22.8 Å². The molecule has 0 aromatic rings. The Morgan fingerprint density at radius 2 is 1.84 bits per heavy atom. The lowest BCUT2D eigenvalue weighted by molar-refractivity contribution is -0.206. The lowest BCUT2D eigenvalue weighted by Crippen LogP contribution is -2.70. The van der Waals surface area contributed by atoms with Gasteiger partial charge < -0.3 is 10.2 Å². The number of piperazine rings is 1. The van der Waals surface area contributed by atoms with Gasteiger partial charge in [0.1, 0.15) is 17.6 Å². The third-order valence-corrected chi connectivity index (χ3v) is 4.55. The van der Waals surface area contributed by atoms with Crippen LogP contribution in [0, 0.1) is 5.92 Å². The molecule has 0 aromatic heterocycles. The molecule has 3 rings (SSSR count). The van der Waals surface area contributed by atoms with E-state index in [0.29, 0.717) is 0 Å². The molecule has 0 spiro atoms. The van der Waals surface area contributed by atoms with Crippen molar-refractivity contribution in [3.05, 3.63) is 0 Å². The standard InChI is InChI=1S/C12H15F3N2O2/c1-10(7-2-3-7)9(19)17(6-8(18)16-10)11(4-5-11)12(13,14)15/h7H,2-6H2,1H3,(H,16,18). The first-order valence-electron chi connectivity index (χ1n) is 6.40. The Balaban J connectivity index is 1.94. The van der Waals surface area contributed by atoms with Gasteiger partial charge in [-0.05, 0) is 38.5 Å². The van der Waals surface area contributed by atoms with Crippen LogP contribution in [0.2, 0.25) is 0 Å². The van der Waals surface area contributed by atoms with E-state index in [0.717, 1.165) is 17.7 Å². The molecular formula is C12H15F3N2O2. The van der Waals surface area contributed by atoms with Crippen molar-refractivity contribution in [3.63, 3.8) is 0 Å². The fraction of sp³-hybridized carbons (Fsp3) is 0.833. The van der Waals surface area contributed by atoms with Gasteiger partial charge in [0.15, 0.2) is 0 Å². The summed E-state index contributed by atoms with van der Waals surface area (Å²) in [7, 11) is 0. The average Bonchev–Trinajstić information content (AvgIpc) is 3.15. The number of halogens is 3. The Labute approximate surface area is 108 Å². The highest BCUT2D eigenvalue weighted by atomic mass is 19.4. The quantitative estimate of drug-likeness (QED) is 0.824. The molecule has 1 aliphatic heterocycles. The number of nitrogens with one attached hydrogen (secondary N) is 1. The van der Waals surface area contributed by atoms with Crippen LogP contribution in [-0.2, 0) is 9.59 Å². The molecule has 1 unspecified atom stereocenters. The molecule has 19 heavy (non-hydrogen) atoms. The first-order valence-corrected chi connectivity index (χ1v) is 6.40. The normalized spacial score (nSPS) is 34.2. The lowest BCUT2D eigenvalue weighted by atomic mass is 9.90. The van der Waals surface area contributed by atoms with Crippen LogP contribution in [0.25, 0.3) is 0 Å². The summed E-state index contributed by atoms with van der Waals surface area (Å²) in [6.07, 6.45) is -3.12. The van der Waals surface area contributed by atoms with Crippen molar-refractivity contribution in [2.24, 2.45) is 5.92 Å². The van der Waals surface area contributed by atoms with Gasteiger partial charge in [-0.2, -0.15) is 13.2 Å². The van der Waals surface area contributed by atoms with Crippen molar-refractivity contribution >= 4 is 11.8 Å². The molecule has 0 bridgehead atoms. The molecule has 4 nitrogen and oxygen atoms in total. The summed E-state index contributed by atoms with van der Waals surface area (Å²) in [5.74, 6) is -1.11. The maximum absolute atomic E-state index is 13.1. The molecular weight excluding hydrogens is 261 g/mol. The van der Waals surface area contributed by atoms with Gasteiger partial charge in [-0.1, -0.05) is 0 Å². The summed E-state index contributed by atoms with van der Waals surface area (Å²) < 4.78 is 39.4. The van der Waals surface area contributed by atoms with Crippen molar-refractivity contribution in [2.75, 3.05) is 6.54 Å². The van der Waals surface area contributed by atoms with Gasteiger partial charge in [-0.15, -0.1) is 0 Å². The second-order valence-corrected chi connectivity index (χ2v) is 5.95. The Morgan fingerprint density at radius 3 is 2.26 bits per heavy atom. The van der Waals surface area contributed by atoms with E-state index in [1.807, 2.05) is 0 Å².